The van der Waals surface area contributed by atoms with Gasteiger partial charge in [0, 0.05) is 0 Å². The van der Waals surface area contributed by atoms with Crippen LogP contribution >= 0.6 is 0 Å². The molecule has 3 atom stereocenters. The molecule has 0 spiro atoms. The summed E-state index contributed by atoms with van der Waals surface area (Å²) in [6.07, 6.45) is 2.47. The van der Waals surface area contributed by atoms with Crippen LogP contribution in [0, 0.1) is 5.92 Å². The normalized spacial score (nSPS) is 17.0. The third-order valence-corrected chi connectivity index (χ3v) is 5.22. The largest absolute Gasteiger partial charge is 0.467 e. The maximum atomic E-state index is 12.3. The molecule has 0 saturated heterocycles. The minimum absolute atomic E-state index is 0.225. The van der Waals surface area contributed by atoms with Crippen LogP contribution < -0.4 is 0 Å². The summed E-state index contributed by atoms with van der Waals surface area (Å²) in [7, 11) is -2.25. The first-order valence-electron chi connectivity index (χ1n) is 8.34. The number of methoxy groups -OCH3 is 1. The minimum atomic E-state index is -1.88. The third-order valence-electron chi connectivity index (χ3n) is 3.28. The highest BCUT2D eigenvalue weighted by atomic mass is 28.4. The summed E-state index contributed by atoms with van der Waals surface area (Å²) in [5, 5.41) is 0. The molecule has 0 rings (SSSR count). The maximum Gasteiger partial charge on any atom is 0.336 e. The summed E-state index contributed by atoms with van der Waals surface area (Å²) >= 11 is 0. The van der Waals surface area contributed by atoms with Gasteiger partial charge in [-0.25, -0.2) is 4.79 Å². The number of ether oxygens (including phenoxy) is 1. The van der Waals surface area contributed by atoms with E-state index in [9.17, 15) is 4.79 Å². The van der Waals surface area contributed by atoms with Gasteiger partial charge in [-0.05, 0) is 51.6 Å². The molecule has 0 heterocycles. The van der Waals surface area contributed by atoms with Gasteiger partial charge in [-0.2, -0.15) is 0 Å². The van der Waals surface area contributed by atoms with E-state index in [1.165, 1.54) is 7.11 Å². The van der Waals surface area contributed by atoms with E-state index < -0.39 is 22.7 Å². The van der Waals surface area contributed by atoms with Gasteiger partial charge in [0.05, 0.1) is 13.2 Å². The Balaban J connectivity index is 5.37. The van der Waals surface area contributed by atoms with Crippen molar-refractivity contribution >= 4 is 22.6 Å². The highest BCUT2D eigenvalue weighted by molar-refractivity contribution is 6.70. The second-order valence-corrected chi connectivity index (χ2v) is 16.9. The zero-order valence-corrected chi connectivity index (χ0v) is 18.0. The lowest BCUT2D eigenvalue weighted by molar-refractivity contribution is -0.156. The molecule has 132 valence electrons. The van der Waals surface area contributed by atoms with E-state index >= 15 is 0 Å². The molecule has 0 aromatic heterocycles. The van der Waals surface area contributed by atoms with Crippen LogP contribution in [-0.2, 0) is 18.4 Å². The van der Waals surface area contributed by atoms with Gasteiger partial charge in [0.1, 0.15) is 0 Å². The van der Waals surface area contributed by atoms with Crippen LogP contribution in [0.1, 0.15) is 33.1 Å². The average Bonchev–Trinajstić information content (AvgIpc) is 2.36. The molecular weight excluding hydrogens is 312 g/mol. The summed E-state index contributed by atoms with van der Waals surface area (Å²) in [5.74, 6) is -0.0406. The lowest BCUT2D eigenvalue weighted by atomic mass is 9.94. The van der Waals surface area contributed by atoms with Gasteiger partial charge >= 0.3 is 5.97 Å². The Morgan fingerprint density at radius 2 is 1.50 bits per heavy atom. The Hall–Kier alpha value is -0.176. The molecule has 3 unspecified atom stereocenters. The Kier molecular flexibility index (Phi) is 9.13. The molecular formula is C16H36O4Si2. The Bertz CT molecular complexity index is 334. The summed E-state index contributed by atoms with van der Waals surface area (Å²) in [6.45, 7) is 17.0. The smallest absolute Gasteiger partial charge is 0.336 e. The molecule has 6 heteroatoms. The van der Waals surface area contributed by atoms with Gasteiger partial charge in [0.15, 0.2) is 22.7 Å². The first-order valence-corrected chi connectivity index (χ1v) is 15.2. The summed E-state index contributed by atoms with van der Waals surface area (Å²) in [6, 6.07) is 0. The Labute approximate surface area is 139 Å². The second kappa shape index (κ2) is 9.20. The van der Waals surface area contributed by atoms with Gasteiger partial charge in [-0.1, -0.05) is 26.7 Å². The van der Waals surface area contributed by atoms with Gasteiger partial charge in [-0.15, -0.1) is 0 Å². The lowest BCUT2D eigenvalue weighted by Gasteiger charge is -2.37. The predicted molar refractivity (Wildman–Crippen MR) is 97.1 cm³/mol. The van der Waals surface area contributed by atoms with Crippen molar-refractivity contribution in [1.82, 2.24) is 0 Å². The number of carbonyl (C=O) groups is 1. The molecule has 0 aliphatic carbocycles. The van der Waals surface area contributed by atoms with Crippen molar-refractivity contribution in [2.75, 3.05) is 7.11 Å². The van der Waals surface area contributed by atoms with E-state index in [1.807, 2.05) is 0 Å². The molecule has 0 saturated carbocycles. The zero-order valence-electron chi connectivity index (χ0n) is 16.0. The maximum absolute atomic E-state index is 12.3. The molecule has 0 bridgehead atoms. The molecule has 0 fully saturated rings. The van der Waals surface area contributed by atoms with Gasteiger partial charge in [0.2, 0.25) is 0 Å². The van der Waals surface area contributed by atoms with Gasteiger partial charge in [0.25, 0.3) is 0 Å². The monoisotopic (exact) mass is 348 g/mol. The van der Waals surface area contributed by atoms with Crippen molar-refractivity contribution in [3.63, 3.8) is 0 Å². The van der Waals surface area contributed by atoms with Gasteiger partial charge < -0.3 is 13.6 Å². The number of rotatable bonds is 10. The number of hydrogen-bond donors (Lipinski definition) is 0. The van der Waals surface area contributed by atoms with Crippen LogP contribution in [0.25, 0.3) is 0 Å². The molecule has 4 nitrogen and oxygen atoms in total. The van der Waals surface area contributed by atoms with E-state index in [2.05, 4.69) is 53.1 Å². The lowest BCUT2D eigenvalue weighted by Crippen LogP contribution is -2.51. The second-order valence-electron chi connectivity index (χ2n) is 7.99. The fourth-order valence-electron chi connectivity index (χ4n) is 2.32. The molecule has 0 aliphatic rings. The number of esters is 1. The van der Waals surface area contributed by atoms with E-state index in [-0.39, 0.29) is 18.0 Å². The standard InChI is InChI=1S/C16H36O4Si2/c1-10-11-12-13(2)14(19-21(4,5)6)15(16(17)18-3)20-22(7,8)9/h13-15H,10-12H2,1-9H3. The first kappa shape index (κ1) is 21.8. The molecule has 0 aromatic carbocycles. The predicted octanol–water partition coefficient (Wildman–Crippen LogP) is 4.43. The molecule has 0 aromatic rings. The Morgan fingerprint density at radius 1 is 1.00 bits per heavy atom. The van der Waals surface area contributed by atoms with E-state index in [1.54, 1.807) is 0 Å². The number of unbranched alkanes of at least 4 members (excludes halogenated alkanes) is 1. The fourth-order valence-corrected chi connectivity index (χ4v) is 4.49. The highest BCUT2D eigenvalue weighted by Crippen LogP contribution is 2.26. The van der Waals surface area contributed by atoms with E-state index in [0.29, 0.717) is 0 Å². The quantitative estimate of drug-likeness (QED) is 0.433. The first-order chi connectivity index (χ1) is 9.91. The molecule has 0 amide bonds. The molecule has 0 aliphatic heterocycles. The summed E-state index contributed by atoms with van der Waals surface area (Å²) in [4.78, 5) is 12.3. The Morgan fingerprint density at radius 3 is 1.86 bits per heavy atom. The van der Waals surface area contributed by atoms with Crippen LogP contribution in [0.5, 0.6) is 0 Å². The van der Waals surface area contributed by atoms with Gasteiger partial charge in [-0.3, -0.25) is 0 Å². The van der Waals surface area contributed by atoms with Crippen LogP contribution in [0.4, 0.5) is 0 Å². The number of carbonyl (C=O) groups excluding carboxylic acids is 1. The number of hydrogen-bond acceptors (Lipinski definition) is 4. The van der Waals surface area contributed by atoms with Crippen molar-refractivity contribution in [3.05, 3.63) is 0 Å². The van der Waals surface area contributed by atoms with Crippen molar-refractivity contribution in [2.24, 2.45) is 5.92 Å². The van der Waals surface area contributed by atoms with Crippen LogP contribution in [0.2, 0.25) is 39.3 Å². The average molecular weight is 349 g/mol. The van der Waals surface area contributed by atoms with Crippen molar-refractivity contribution in [3.8, 4) is 0 Å². The van der Waals surface area contributed by atoms with Crippen LogP contribution in [0.15, 0.2) is 0 Å². The van der Waals surface area contributed by atoms with E-state index in [0.717, 1.165) is 19.3 Å². The summed E-state index contributed by atoms with van der Waals surface area (Å²) < 4.78 is 17.5. The third kappa shape index (κ3) is 9.07. The topological polar surface area (TPSA) is 44.8 Å². The zero-order chi connectivity index (χ0) is 17.6. The van der Waals surface area contributed by atoms with Crippen molar-refractivity contribution in [1.29, 1.82) is 0 Å². The van der Waals surface area contributed by atoms with Crippen molar-refractivity contribution < 1.29 is 18.4 Å². The minimum Gasteiger partial charge on any atom is -0.467 e. The molecule has 0 N–H and O–H groups in total. The van der Waals surface area contributed by atoms with Crippen LogP contribution in [-0.4, -0.2) is 41.9 Å². The molecule has 0 radical (unpaired) electrons. The highest BCUT2D eigenvalue weighted by Gasteiger charge is 2.40. The summed E-state index contributed by atoms with van der Waals surface area (Å²) in [5.41, 5.74) is 0. The van der Waals surface area contributed by atoms with E-state index in [4.69, 9.17) is 13.6 Å². The van der Waals surface area contributed by atoms with Crippen molar-refractivity contribution in [2.45, 2.75) is 84.6 Å². The fraction of sp³-hybridized carbons (Fsp3) is 0.938. The SMILES string of the molecule is CCCCC(C)C(O[Si](C)(C)C)C(O[Si](C)(C)C)C(=O)OC. The molecule has 22 heavy (non-hydrogen) atoms. The van der Waals surface area contributed by atoms with Crippen LogP contribution in [0.3, 0.4) is 0 Å².